The molecule has 1 heterocycles. The molecule has 0 aliphatic carbocycles. The summed E-state index contributed by atoms with van der Waals surface area (Å²) < 4.78 is 0. The average Bonchev–Trinajstić information content (AvgIpc) is 2.44. The molecule has 118 valence electrons. The predicted octanol–water partition coefficient (Wildman–Crippen LogP) is 4.75. The van der Waals surface area contributed by atoms with Gasteiger partial charge >= 0.3 is 0 Å². The van der Waals surface area contributed by atoms with E-state index in [4.69, 9.17) is 23.2 Å². The summed E-state index contributed by atoms with van der Waals surface area (Å²) in [5.41, 5.74) is 3.50. The smallest absolute Gasteiger partial charge is 0.252 e. The highest BCUT2D eigenvalue weighted by atomic mass is 35.5. The predicted molar refractivity (Wildman–Crippen MR) is 95.0 cm³/mol. The van der Waals surface area contributed by atoms with Crippen LogP contribution < -0.4 is 5.56 Å². The van der Waals surface area contributed by atoms with Crippen LogP contribution in [-0.2, 0) is 6.42 Å². The molecule has 2 N–H and O–H groups in total. The number of nitrogens with one attached hydrogen (secondary N) is 1. The van der Waals surface area contributed by atoms with Gasteiger partial charge in [0, 0.05) is 27.4 Å². The van der Waals surface area contributed by atoms with Crippen LogP contribution in [-0.4, -0.2) is 10.1 Å². The fourth-order valence-corrected chi connectivity index (χ4v) is 3.32. The number of aromatic nitrogens is 1. The van der Waals surface area contributed by atoms with Gasteiger partial charge in [-0.2, -0.15) is 0 Å². The molecule has 1 aromatic heterocycles. The second kappa shape index (κ2) is 5.91. The van der Waals surface area contributed by atoms with Crippen molar-refractivity contribution < 1.29 is 5.11 Å². The lowest BCUT2D eigenvalue weighted by Crippen LogP contribution is -2.15. The monoisotopic (exact) mass is 347 g/mol. The first kappa shape index (κ1) is 15.9. The van der Waals surface area contributed by atoms with Crippen LogP contribution in [0, 0.1) is 13.8 Å². The molecule has 0 aliphatic heterocycles. The van der Waals surface area contributed by atoms with E-state index in [1.165, 1.54) is 0 Å². The maximum atomic E-state index is 12.5. The lowest BCUT2D eigenvalue weighted by atomic mass is 9.97. The Morgan fingerprint density at radius 2 is 1.87 bits per heavy atom. The summed E-state index contributed by atoms with van der Waals surface area (Å²) in [7, 11) is 0. The quantitative estimate of drug-likeness (QED) is 0.702. The summed E-state index contributed by atoms with van der Waals surface area (Å²) in [6.45, 7) is 3.71. The minimum absolute atomic E-state index is 0.164. The van der Waals surface area contributed by atoms with Crippen LogP contribution in [0.3, 0.4) is 0 Å². The molecular formula is C18H15Cl2NO2. The standard InChI is InChI=1S/C18H15Cl2NO2/c1-9-5-15-17(16(22)6-9)10(2)13(18(23)21-15)7-11-3-4-12(19)8-14(11)20/h3-6,8,22H,7H2,1-2H3,(H,21,23). The summed E-state index contributed by atoms with van der Waals surface area (Å²) >= 11 is 12.1. The Morgan fingerprint density at radius 3 is 2.57 bits per heavy atom. The molecule has 0 atom stereocenters. The van der Waals surface area contributed by atoms with Crippen molar-refractivity contribution in [3.63, 3.8) is 0 Å². The molecule has 0 saturated heterocycles. The van der Waals surface area contributed by atoms with Crippen LogP contribution >= 0.6 is 23.2 Å². The van der Waals surface area contributed by atoms with Gasteiger partial charge in [0.05, 0.1) is 5.52 Å². The number of aromatic hydroxyl groups is 1. The SMILES string of the molecule is Cc1cc(O)c2c(C)c(Cc3ccc(Cl)cc3Cl)c(=O)[nH]c2c1. The van der Waals surface area contributed by atoms with E-state index in [2.05, 4.69) is 4.98 Å². The maximum absolute atomic E-state index is 12.5. The van der Waals surface area contributed by atoms with Gasteiger partial charge in [0.25, 0.3) is 5.56 Å². The van der Waals surface area contributed by atoms with E-state index in [1.54, 1.807) is 18.2 Å². The normalized spacial score (nSPS) is 11.1. The van der Waals surface area contributed by atoms with Crippen molar-refractivity contribution in [2.75, 3.05) is 0 Å². The van der Waals surface area contributed by atoms with Gasteiger partial charge in [-0.05, 0) is 54.8 Å². The molecule has 0 aliphatic rings. The average molecular weight is 348 g/mol. The first-order valence-electron chi connectivity index (χ1n) is 7.16. The minimum atomic E-state index is -0.175. The molecule has 0 unspecified atom stereocenters. The molecule has 0 bridgehead atoms. The number of hydrogen-bond acceptors (Lipinski definition) is 2. The van der Waals surface area contributed by atoms with Gasteiger partial charge in [0.1, 0.15) is 5.75 Å². The number of phenolic OH excluding ortho intramolecular Hbond substituents is 1. The van der Waals surface area contributed by atoms with E-state index in [0.29, 0.717) is 32.9 Å². The van der Waals surface area contributed by atoms with E-state index in [0.717, 1.165) is 16.7 Å². The van der Waals surface area contributed by atoms with Crippen molar-refractivity contribution in [2.24, 2.45) is 0 Å². The zero-order valence-electron chi connectivity index (χ0n) is 12.7. The van der Waals surface area contributed by atoms with Crippen LogP contribution in [0.2, 0.25) is 10.0 Å². The third kappa shape index (κ3) is 2.94. The molecule has 23 heavy (non-hydrogen) atoms. The van der Waals surface area contributed by atoms with Gasteiger partial charge in [0.15, 0.2) is 0 Å². The summed E-state index contributed by atoms with van der Waals surface area (Å²) in [6.07, 6.45) is 0.375. The number of phenols is 1. The van der Waals surface area contributed by atoms with Crippen LogP contribution in [0.5, 0.6) is 5.75 Å². The Morgan fingerprint density at radius 1 is 1.13 bits per heavy atom. The Labute approximate surface area is 143 Å². The molecule has 5 heteroatoms. The van der Waals surface area contributed by atoms with E-state index < -0.39 is 0 Å². The number of aryl methyl sites for hydroxylation is 2. The first-order valence-corrected chi connectivity index (χ1v) is 7.91. The Balaban J connectivity index is 2.20. The number of rotatable bonds is 2. The highest BCUT2D eigenvalue weighted by Gasteiger charge is 2.14. The molecular weight excluding hydrogens is 333 g/mol. The first-order chi connectivity index (χ1) is 10.9. The zero-order valence-corrected chi connectivity index (χ0v) is 14.2. The summed E-state index contributed by atoms with van der Waals surface area (Å²) in [4.78, 5) is 15.3. The van der Waals surface area contributed by atoms with Crippen molar-refractivity contribution in [3.05, 3.63) is 73.0 Å². The molecule has 3 nitrogen and oxygen atoms in total. The number of H-pyrrole nitrogens is 1. The Hall–Kier alpha value is -1.97. The fraction of sp³-hybridized carbons (Fsp3) is 0.167. The summed E-state index contributed by atoms with van der Waals surface area (Å²) in [5.74, 6) is 0.164. The van der Waals surface area contributed by atoms with E-state index in [1.807, 2.05) is 26.0 Å². The van der Waals surface area contributed by atoms with Crippen molar-refractivity contribution in [3.8, 4) is 5.75 Å². The number of fused-ring (bicyclic) bond motifs is 1. The molecule has 0 radical (unpaired) electrons. The third-order valence-electron chi connectivity index (χ3n) is 3.99. The molecule has 0 fully saturated rings. The Bertz CT molecular complexity index is 977. The van der Waals surface area contributed by atoms with Crippen molar-refractivity contribution in [1.82, 2.24) is 4.98 Å². The maximum Gasteiger partial charge on any atom is 0.252 e. The number of pyridine rings is 1. The lowest BCUT2D eigenvalue weighted by Gasteiger charge is -2.12. The van der Waals surface area contributed by atoms with Crippen molar-refractivity contribution >= 4 is 34.1 Å². The van der Waals surface area contributed by atoms with Gasteiger partial charge in [-0.25, -0.2) is 0 Å². The number of halogens is 2. The van der Waals surface area contributed by atoms with Gasteiger partial charge in [0.2, 0.25) is 0 Å². The molecule has 0 amide bonds. The topological polar surface area (TPSA) is 53.1 Å². The fourth-order valence-electron chi connectivity index (χ4n) is 2.85. The highest BCUT2D eigenvalue weighted by Crippen LogP contribution is 2.30. The van der Waals surface area contributed by atoms with Crippen LogP contribution in [0.25, 0.3) is 10.9 Å². The van der Waals surface area contributed by atoms with Crippen LogP contribution in [0.15, 0.2) is 35.1 Å². The van der Waals surface area contributed by atoms with Gasteiger partial charge in [-0.15, -0.1) is 0 Å². The third-order valence-corrected chi connectivity index (χ3v) is 4.58. The molecule has 0 spiro atoms. The number of aromatic amines is 1. The van der Waals surface area contributed by atoms with E-state index in [-0.39, 0.29) is 11.3 Å². The zero-order chi connectivity index (χ0) is 16.7. The Kier molecular flexibility index (Phi) is 4.09. The molecule has 3 aromatic rings. The summed E-state index contributed by atoms with van der Waals surface area (Å²) in [5, 5.41) is 12.0. The minimum Gasteiger partial charge on any atom is -0.507 e. The highest BCUT2D eigenvalue weighted by molar-refractivity contribution is 6.35. The van der Waals surface area contributed by atoms with E-state index >= 15 is 0 Å². The summed E-state index contributed by atoms with van der Waals surface area (Å²) in [6, 6.07) is 8.75. The van der Waals surface area contributed by atoms with Crippen molar-refractivity contribution in [1.29, 1.82) is 0 Å². The molecule has 2 aromatic carbocycles. The second-order valence-electron chi connectivity index (χ2n) is 5.68. The van der Waals surface area contributed by atoms with Gasteiger partial charge in [-0.1, -0.05) is 29.3 Å². The van der Waals surface area contributed by atoms with Crippen molar-refractivity contribution in [2.45, 2.75) is 20.3 Å². The molecule has 3 rings (SSSR count). The van der Waals surface area contributed by atoms with Gasteiger partial charge in [-0.3, -0.25) is 4.79 Å². The molecule has 0 saturated carbocycles. The van der Waals surface area contributed by atoms with E-state index in [9.17, 15) is 9.90 Å². The largest absolute Gasteiger partial charge is 0.507 e. The number of hydrogen-bond donors (Lipinski definition) is 2. The van der Waals surface area contributed by atoms with Crippen LogP contribution in [0.4, 0.5) is 0 Å². The lowest BCUT2D eigenvalue weighted by molar-refractivity contribution is 0.481. The number of benzene rings is 2. The van der Waals surface area contributed by atoms with Gasteiger partial charge < -0.3 is 10.1 Å². The second-order valence-corrected chi connectivity index (χ2v) is 6.52. The van der Waals surface area contributed by atoms with Crippen LogP contribution in [0.1, 0.15) is 22.3 Å².